The summed E-state index contributed by atoms with van der Waals surface area (Å²) in [4.78, 5) is 0. The normalized spacial score (nSPS) is 14.2. The fourth-order valence-corrected chi connectivity index (χ4v) is 1.85. The van der Waals surface area contributed by atoms with Crippen LogP contribution < -0.4 is 0 Å². The molecule has 0 fully saturated rings. The number of hydrogen-bond acceptors (Lipinski definition) is 2. The summed E-state index contributed by atoms with van der Waals surface area (Å²) in [5.74, 6) is -27.1. The molecule has 0 aromatic rings. The predicted molar refractivity (Wildman–Crippen MR) is 71.3 cm³/mol. The molecule has 0 aliphatic rings. The van der Waals surface area contributed by atoms with Crippen molar-refractivity contribution >= 4 is 0 Å². The van der Waals surface area contributed by atoms with Gasteiger partial charge in [0, 0.05) is 39.3 Å². The van der Waals surface area contributed by atoms with Crippen LogP contribution in [0.15, 0.2) is 0 Å². The number of halogens is 10. The van der Waals surface area contributed by atoms with Gasteiger partial charge in [-0.15, -0.1) is 0 Å². The monoisotopic (exact) mass is 498 g/mol. The molecule has 0 aliphatic carbocycles. The number of alkyl halides is 10. The van der Waals surface area contributed by atoms with Crippen molar-refractivity contribution in [2.75, 3.05) is 26.4 Å². The molecule has 2 nitrogen and oxygen atoms in total. The van der Waals surface area contributed by atoms with Crippen molar-refractivity contribution < 1.29 is 86.1 Å². The largest absolute Gasteiger partial charge is 0.407 e. The molecule has 0 aliphatic heterocycles. The van der Waals surface area contributed by atoms with Crippen LogP contribution in [0, 0.1) is 6.92 Å². The first-order valence-electron chi connectivity index (χ1n) is 7.37. The predicted octanol–water partition coefficient (Wildman–Crippen LogP) is 5.22. The van der Waals surface area contributed by atoms with E-state index in [1.54, 1.807) is 0 Å². The Balaban J connectivity index is 0. The maximum absolute atomic E-state index is 13.5. The fraction of sp³-hybridized carbons (Fsp3) is 0.929. The van der Waals surface area contributed by atoms with Gasteiger partial charge in [0.1, 0.15) is 13.2 Å². The van der Waals surface area contributed by atoms with E-state index < -0.39 is 62.3 Å². The van der Waals surface area contributed by atoms with Gasteiger partial charge in [-0.2, -0.15) is 26.3 Å². The topological polar surface area (TPSA) is 18.5 Å². The van der Waals surface area contributed by atoms with Gasteiger partial charge in [0.2, 0.25) is 0 Å². The number of ether oxygens (including phenoxy) is 2. The molecule has 0 saturated carbocycles. The Morgan fingerprint density at radius 2 is 1.22 bits per heavy atom. The molecule has 0 unspecified atom stereocenters. The second kappa shape index (κ2) is 10.9. The zero-order chi connectivity index (χ0) is 20.9. The van der Waals surface area contributed by atoms with Crippen LogP contribution in [0.25, 0.3) is 0 Å². The zero-order valence-corrected chi connectivity index (χ0v) is 17.2. The maximum atomic E-state index is 13.5. The Hall–Kier alpha value is 0.324. The summed E-state index contributed by atoms with van der Waals surface area (Å²) >= 11 is 0. The average Bonchev–Trinajstić information content (AvgIpc) is 2.42. The first-order chi connectivity index (χ1) is 11.5. The Labute approximate surface area is 175 Å². The van der Waals surface area contributed by atoms with Gasteiger partial charge in [-0.05, 0) is 6.42 Å². The first-order valence-corrected chi connectivity index (χ1v) is 7.37. The second-order valence-corrected chi connectivity index (χ2v) is 5.65. The molecular formula is C14H19F10O2Y-. The molecule has 0 rings (SSSR count). The molecule has 13 heteroatoms. The maximum Gasteiger partial charge on any atom is 0.374 e. The minimum atomic E-state index is -6.26. The molecule has 161 valence electrons. The summed E-state index contributed by atoms with van der Waals surface area (Å²) in [5, 5.41) is 0. The van der Waals surface area contributed by atoms with E-state index >= 15 is 0 Å². The standard InChI is InChI=1S/C14H19F10O2.Y/c1-3-5-26-8-11(17,18)6-10(15,16)7-12(19,20)14(23,24)13(21,22)9-25-4-2;/h2-9H2,1H3;/q-1;. The summed E-state index contributed by atoms with van der Waals surface area (Å²) < 4.78 is 142. The van der Waals surface area contributed by atoms with E-state index in [0.717, 1.165) is 0 Å². The molecular weight excluding hydrogens is 479 g/mol. The fourth-order valence-electron chi connectivity index (χ4n) is 1.85. The van der Waals surface area contributed by atoms with Crippen LogP contribution in [-0.4, -0.2) is 56.0 Å². The molecule has 0 aromatic heterocycles. The van der Waals surface area contributed by atoms with E-state index in [2.05, 4.69) is 16.4 Å². The molecule has 1 radical (unpaired) electrons. The first kappa shape index (κ1) is 29.5. The van der Waals surface area contributed by atoms with Crippen LogP contribution >= 0.6 is 0 Å². The third kappa shape index (κ3) is 9.12. The third-order valence-corrected chi connectivity index (χ3v) is 3.01. The van der Waals surface area contributed by atoms with E-state index in [9.17, 15) is 43.9 Å². The van der Waals surface area contributed by atoms with Crippen LogP contribution in [0.3, 0.4) is 0 Å². The Morgan fingerprint density at radius 1 is 0.704 bits per heavy atom. The summed E-state index contributed by atoms with van der Waals surface area (Å²) in [6.45, 7) is -0.365. The van der Waals surface area contributed by atoms with Crippen molar-refractivity contribution in [3.05, 3.63) is 6.92 Å². The van der Waals surface area contributed by atoms with Gasteiger partial charge < -0.3 is 16.4 Å². The van der Waals surface area contributed by atoms with Crippen molar-refractivity contribution in [1.82, 2.24) is 0 Å². The van der Waals surface area contributed by atoms with Gasteiger partial charge in [0.05, 0.1) is 12.8 Å². The quantitative estimate of drug-likeness (QED) is 0.197. The van der Waals surface area contributed by atoms with Gasteiger partial charge in [0.25, 0.3) is 11.8 Å². The van der Waals surface area contributed by atoms with Crippen LogP contribution in [0.2, 0.25) is 0 Å². The van der Waals surface area contributed by atoms with E-state index in [1.165, 1.54) is 6.92 Å². The van der Waals surface area contributed by atoms with E-state index in [-0.39, 0.29) is 45.7 Å². The second-order valence-electron chi connectivity index (χ2n) is 5.65. The average molecular weight is 498 g/mol. The molecule has 0 saturated heterocycles. The summed E-state index contributed by atoms with van der Waals surface area (Å²) in [6.07, 6.45) is -5.49. The van der Waals surface area contributed by atoms with Crippen LogP contribution in [0.5, 0.6) is 0 Å². The van der Waals surface area contributed by atoms with Crippen LogP contribution in [-0.2, 0) is 42.2 Å². The zero-order valence-electron chi connectivity index (χ0n) is 14.3. The van der Waals surface area contributed by atoms with Gasteiger partial charge in [-0.25, -0.2) is 17.6 Å². The summed E-state index contributed by atoms with van der Waals surface area (Å²) in [6, 6.07) is 0. The van der Waals surface area contributed by atoms with Crippen molar-refractivity contribution in [2.45, 2.75) is 55.8 Å². The smallest absolute Gasteiger partial charge is 0.374 e. The molecule has 0 atom stereocenters. The molecule has 0 spiro atoms. The van der Waals surface area contributed by atoms with Crippen LogP contribution in [0.1, 0.15) is 26.2 Å². The Kier molecular flexibility index (Phi) is 11.9. The Bertz CT molecular complexity index is 432. The SMILES string of the molecule is [CH2-]COCC(F)(F)C(F)(F)C(F)(F)CC(F)(F)CC(F)(F)COCCC.[Y]. The number of hydrogen-bond donors (Lipinski definition) is 0. The molecule has 0 bridgehead atoms. The van der Waals surface area contributed by atoms with Crippen LogP contribution in [0.4, 0.5) is 43.9 Å². The summed E-state index contributed by atoms with van der Waals surface area (Å²) in [7, 11) is 0. The van der Waals surface area contributed by atoms with Gasteiger partial charge in [0.15, 0.2) is 0 Å². The van der Waals surface area contributed by atoms with E-state index in [4.69, 9.17) is 0 Å². The third-order valence-electron chi connectivity index (χ3n) is 3.01. The van der Waals surface area contributed by atoms with Crippen molar-refractivity contribution in [3.8, 4) is 0 Å². The Morgan fingerprint density at radius 3 is 1.67 bits per heavy atom. The summed E-state index contributed by atoms with van der Waals surface area (Å²) in [5.41, 5.74) is 0. The molecule has 27 heavy (non-hydrogen) atoms. The molecule has 0 amide bonds. The number of rotatable bonds is 13. The van der Waals surface area contributed by atoms with Crippen molar-refractivity contribution in [3.63, 3.8) is 0 Å². The van der Waals surface area contributed by atoms with Gasteiger partial charge in [-0.1, -0.05) is 13.5 Å². The van der Waals surface area contributed by atoms with E-state index in [0.29, 0.717) is 0 Å². The molecule has 0 N–H and O–H groups in total. The van der Waals surface area contributed by atoms with Crippen molar-refractivity contribution in [1.29, 1.82) is 0 Å². The van der Waals surface area contributed by atoms with E-state index in [1.807, 2.05) is 0 Å². The minimum absolute atomic E-state index is 0. The molecule has 0 heterocycles. The van der Waals surface area contributed by atoms with Crippen molar-refractivity contribution in [2.24, 2.45) is 0 Å². The van der Waals surface area contributed by atoms with Gasteiger partial charge >= 0.3 is 17.8 Å². The van der Waals surface area contributed by atoms with Gasteiger partial charge in [-0.3, -0.25) is 0 Å². The molecule has 0 aromatic carbocycles. The minimum Gasteiger partial charge on any atom is -0.407 e.